The van der Waals surface area contributed by atoms with Crippen molar-refractivity contribution in [3.8, 4) is 0 Å². The van der Waals surface area contributed by atoms with E-state index in [0.29, 0.717) is 6.04 Å². The Morgan fingerprint density at radius 3 is 2.89 bits per heavy atom. The Labute approximate surface area is 119 Å². The zero-order valence-corrected chi connectivity index (χ0v) is 12.4. The minimum atomic E-state index is -0.348. The molecule has 0 amide bonds. The van der Waals surface area contributed by atoms with Crippen molar-refractivity contribution in [2.75, 3.05) is 20.1 Å². The first-order chi connectivity index (χ1) is 9.09. The summed E-state index contributed by atoms with van der Waals surface area (Å²) in [6.45, 7) is 4.34. The third-order valence-electron chi connectivity index (χ3n) is 4.16. The van der Waals surface area contributed by atoms with Crippen molar-refractivity contribution in [2.24, 2.45) is 0 Å². The van der Waals surface area contributed by atoms with Crippen LogP contribution in [0.3, 0.4) is 0 Å². The van der Waals surface area contributed by atoms with Gasteiger partial charge < -0.3 is 5.32 Å². The number of nitrogens with zero attached hydrogens (tertiary/aromatic N) is 1. The van der Waals surface area contributed by atoms with Crippen molar-refractivity contribution in [3.05, 3.63) is 34.6 Å². The van der Waals surface area contributed by atoms with Crippen molar-refractivity contribution >= 4 is 11.6 Å². The summed E-state index contributed by atoms with van der Waals surface area (Å²) < 4.78 is 13.2. The standard InChI is InChI=1S/C15H22ClFN2/c1-11(12-5-6-15(17)14(16)10-12)19(2)13-4-3-8-18-9-7-13/h5-6,10-11,13,18H,3-4,7-9H2,1-2H3. The maximum atomic E-state index is 13.2. The van der Waals surface area contributed by atoms with Gasteiger partial charge in [0.25, 0.3) is 0 Å². The van der Waals surface area contributed by atoms with Crippen molar-refractivity contribution in [1.29, 1.82) is 0 Å². The van der Waals surface area contributed by atoms with Crippen LogP contribution in [0, 0.1) is 5.82 Å². The Balaban J connectivity index is 2.08. The van der Waals surface area contributed by atoms with Crippen LogP contribution >= 0.6 is 11.6 Å². The molecule has 0 saturated carbocycles. The number of nitrogens with one attached hydrogen (secondary N) is 1. The normalized spacial score (nSPS) is 22.3. The fourth-order valence-corrected chi connectivity index (χ4v) is 2.92. The quantitative estimate of drug-likeness (QED) is 0.912. The van der Waals surface area contributed by atoms with Gasteiger partial charge in [-0.1, -0.05) is 17.7 Å². The van der Waals surface area contributed by atoms with Gasteiger partial charge in [-0.2, -0.15) is 0 Å². The summed E-state index contributed by atoms with van der Waals surface area (Å²) in [5.41, 5.74) is 1.08. The van der Waals surface area contributed by atoms with Gasteiger partial charge in [0.15, 0.2) is 0 Å². The highest BCUT2D eigenvalue weighted by atomic mass is 35.5. The van der Waals surface area contributed by atoms with E-state index in [0.717, 1.165) is 25.1 Å². The van der Waals surface area contributed by atoms with Gasteiger partial charge in [0.1, 0.15) is 5.82 Å². The van der Waals surface area contributed by atoms with Crippen LogP contribution in [0.5, 0.6) is 0 Å². The summed E-state index contributed by atoms with van der Waals surface area (Å²) in [5.74, 6) is -0.348. The van der Waals surface area contributed by atoms with Gasteiger partial charge in [0.2, 0.25) is 0 Å². The fourth-order valence-electron chi connectivity index (χ4n) is 2.73. The molecule has 2 unspecified atom stereocenters. The number of hydrogen-bond acceptors (Lipinski definition) is 2. The summed E-state index contributed by atoms with van der Waals surface area (Å²) in [4.78, 5) is 2.39. The Morgan fingerprint density at radius 2 is 2.16 bits per heavy atom. The molecule has 0 radical (unpaired) electrons. The van der Waals surface area contributed by atoms with E-state index in [2.05, 4.69) is 24.2 Å². The second-order valence-corrected chi connectivity index (χ2v) is 5.76. The predicted molar refractivity (Wildman–Crippen MR) is 78.1 cm³/mol. The number of halogens is 2. The molecule has 0 spiro atoms. The van der Waals surface area contributed by atoms with E-state index in [-0.39, 0.29) is 16.9 Å². The largest absolute Gasteiger partial charge is 0.317 e. The molecule has 1 aromatic rings. The first-order valence-corrected chi connectivity index (χ1v) is 7.35. The monoisotopic (exact) mass is 284 g/mol. The van der Waals surface area contributed by atoms with Crippen LogP contribution in [0.15, 0.2) is 18.2 Å². The topological polar surface area (TPSA) is 15.3 Å². The first kappa shape index (κ1) is 14.8. The average molecular weight is 285 g/mol. The molecule has 2 nitrogen and oxygen atoms in total. The molecule has 1 N–H and O–H groups in total. The maximum Gasteiger partial charge on any atom is 0.141 e. The second-order valence-electron chi connectivity index (χ2n) is 5.35. The Hall–Kier alpha value is -0.640. The Bertz CT molecular complexity index is 417. The molecule has 2 rings (SSSR count). The molecule has 1 aliphatic heterocycles. The summed E-state index contributed by atoms with van der Waals surface area (Å²) in [7, 11) is 2.15. The van der Waals surface area contributed by atoms with Crippen molar-refractivity contribution in [1.82, 2.24) is 10.2 Å². The van der Waals surface area contributed by atoms with Gasteiger partial charge in [-0.25, -0.2) is 4.39 Å². The third kappa shape index (κ3) is 3.68. The molecule has 1 aliphatic rings. The van der Waals surface area contributed by atoms with Gasteiger partial charge in [0, 0.05) is 12.1 Å². The molecule has 1 saturated heterocycles. The summed E-state index contributed by atoms with van der Waals surface area (Å²) in [5, 5.41) is 3.64. The molecule has 2 atom stereocenters. The van der Waals surface area contributed by atoms with Crippen LogP contribution in [0.25, 0.3) is 0 Å². The van der Waals surface area contributed by atoms with E-state index in [1.165, 1.54) is 18.9 Å². The summed E-state index contributed by atoms with van der Waals surface area (Å²) in [6, 6.07) is 5.86. The molecule has 19 heavy (non-hydrogen) atoms. The fraction of sp³-hybridized carbons (Fsp3) is 0.600. The van der Waals surface area contributed by atoms with Crippen LogP contribution in [0.2, 0.25) is 5.02 Å². The number of rotatable bonds is 3. The van der Waals surface area contributed by atoms with Gasteiger partial charge in [0.05, 0.1) is 5.02 Å². The van der Waals surface area contributed by atoms with Gasteiger partial charge in [-0.05, 0) is 64.0 Å². The highest BCUT2D eigenvalue weighted by Gasteiger charge is 2.22. The molecule has 0 aliphatic carbocycles. The maximum absolute atomic E-state index is 13.2. The van der Waals surface area contributed by atoms with E-state index in [9.17, 15) is 4.39 Å². The van der Waals surface area contributed by atoms with Crippen LogP contribution in [-0.4, -0.2) is 31.1 Å². The summed E-state index contributed by atoms with van der Waals surface area (Å²) >= 11 is 5.87. The second kappa shape index (κ2) is 6.69. The van der Waals surface area contributed by atoms with Crippen LogP contribution in [0.1, 0.15) is 37.8 Å². The predicted octanol–water partition coefficient (Wildman–Crippen LogP) is 3.61. The molecular formula is C15H22ClFN2. The van der Waals surface area contributed by atoms with E-state index >= 15 is 0 Å². The van der Waals surface area contributed by atoms with Gasteiger partial charge in [-0.15, -0.1) is 0 Å². The lowest BCUT2D eigenvalue weighted by molar-refractivity contribution is 0.171. The lowest BCUT2D eigenvalue weighted by Crippen LogP contribution is -2.34. The number of benzene rings is 1. The minimum Gasteiger partial charge on any atom is -0.317 e. The molecule has 106 valence electrons. The lowest BCUT2D eigenvalue weighted by Gasteiger charge is -2.33. The molecular weight excluding hydrogens is 263 g/mol. The molecule has 1 heterocycles. The van der Waals surface area contributed by atoms with Gasteiger partial charge >= 0.3 is 0 Å². The van der Waals surface area contributed by atoms with Crippen molar-refractivity contribution in [3.63, 3.8) is 0 Å². The van der Waals surface area contributed by atoms with Gasteiger partial charge in [-0.3, -0.25) is 4.90 Å². The molecule has 4 heteroatoms. The minimum absolute atomic E-state index is 0.209. The zero-order chi connectivity index (χ0) is 13.8. The van der Waals surface area contributed by atoms with E-state index in [4.69, 9.17) is 11.6 Å². The van der Waals surface area contributed by atoms with Crippen LogP contribution in [0.4, 0.5) is 4.39 Å². The molecule has 1 fully saturated rings. The smallest absolute Gasteiger partial charge is 0.141 e. The first-order valence-electron chi connectivity index (χ1n) is 6.97. The highest BCUT2D eigenvalue weighted by Crippen LogP contribution is 2.27. The van der Waals surface area contributed by atoms with Crippen molar-refractivity contribution < 1.29 is 4.39 Å². The van der Waals surface area contributed by atoms with E-state index in [1.807, 2.05) is 6.07 Å². The van der Waals surface area contributed by atoms with E-state index in [1.54, 1.807) is 6.07 Å². The van der Waals surface area contributed by atoms with Crippen molar-refractivity contribution in [2.45, 2.75) is 38.3 Å². The molecule has 0 bridgehead atoms. The lowest BCUT2D eigenvalue weighted by atomic mass is 10.0. The Morgan fingerprint density at radius 1 is 1.37 bits per heavy atom. The highest BCUT2D eigenvalue weighted by molar-refractivity contribution is 6.30. The summed E-state index contributed by atoms with van der Waals surface area (Å²) in [6.07, 6.45) is 3.59. The SMILES string of the molecule is CC(c1ccc(F)c(Cl)c1)N(C)C1CCCNCC1. The van der Waals surface area contributed by atoms with Crippen LogP contribution in [-0.2, 0) is 0 Å². The van der Waals surface area contributed by atoms with E-state index < -0.39 is 0 Å². The zero-order valence-electron chi connectivity index (χ0n) is 11.6. The Kier molecular flexibility index (Phi) is 5.20. The molecule has 1 aromatic carbocycles. The average Bonchev–Trinajstić information content (AvgIpc) is 2.69. The van der Waals surface area contributed by atoms with Crippen LogP contribution < -0.4 is 5.32 Å². The molecule has 0 aromatic heterocycles. The number of hydrogen-bond donors (Lipinski definition) is 1. The third-order valence-corrected chi connectivity index (χ3v) is 4.45.